The zero-order valence-corrected chi connectivity index (χ0v) is 11.3. The first kappa shape index (κ1) is 13.0. The summed E-state index contributed by atoms with van der Waals surface area (Å²) in [5.41, 5.74) is 0.371. The fraction of sp³-hybridized carbons (Fsp3) is 1.00. The number of nitrogens with zero attached hydrogens (tertiary/aromatic N) is 1. The molecule has 1 rings (SSSR count). The molecule has 1 saturated heterocycles. The Labute approximate surface area is 95.4 Å². The van der Waals surface area contributed by atoms with Crippen molar-refractivity contribution >= 4 is 0 Å². The van der Waals surface area contributed by atoms with Gasteiger partial charge in [0.05, 0.1) is 0 Å². The Bertz CT molecular complexity index is 195. The second-order valence-electron chi connectivity index (χ2n) is 6.10. The zero-order valence-electron chi connectivity index (χ0n) is 11.3. The molecule has 3 atom stereocenters. The maximum Gasteiger partial charge on any atom is 0.0260 e. The molecule has 2 nitrogen and oxygen atoms in total. The molecule has 0 aromatic carbocycles. The van der Waals surface area contributed by atoms with Crippen molar-refractivity contribution < 1.29 is 0 Å². The van der Waals surface area contributed by atoms with Gasteiger partial charge in [-0.2, -0.15) is 0 Å². The van der Waals surface area contributed by atoms with Gasteiger partial charge < -0.3 is 5.32 Å². The smallest absolute Gasteiger partial charge is 0.0260 e. The monoisotopic (exact) mass is 212 g/mol. The maximum atomic E-state index is 3.52. The lowest BCUT2D eigenvalue weighted by Crippen LogP contribution is -2.48. The summed E-state index contributed by atoms with van der Waals surface area (Å²) in [4.78, 5) is 2.58. The second kappa shape index (κ2) is 4.84. The first-order chi connectivity index (χ1) is 6.88. The second-order valence-corrected chi connectivity index (χ2v) is 6.10. The Morgan fingerprint density at radius 1 is 1.33 bits per heavy atom. The minimum absolute atomic E-state index is 0.371. The fourth-order valence-corrected chi connectivity index (χ4v) is 2.51. The highest BCUT2D eigenvalue weighted by atomic mass is 15.2. The molecule has 0 aromatic rings. The van der Waals surface area contributed by atoms with Gasteiger partial charge in [-0.25, -0.2) is 0 Å². The zero-order chi connectivity index (χ0) is 11.6. The van der Waals surface area contributed by atoms with Crippen molar-refractivity contribution in [1.82, 2.24) is 10.2 Å². The number of rotatable bonds is 3. The first-order valence-electron chi connectivity index (χ1n) is 6.30. The molecule has 1 aliphatic rings. The summed E-state index contributed by atoms with van der Waals surface area (Å²) >= 11 is 0. The molecule has 2 heteroatoms. The molecule has 90 valence electrons. The van der Waals surface area contributed by atoms with E-state index in [1.165, 1.54) is 13.0 Å². The van der Waals surface area contributed by atoms with Gasteiger partial charge in [0.25, 0.3) is 0 Å². The van der Waals surface area contributed by atoms with Crippen molar-refractivity contribution in [3.8, 4) is 0 Å². The molecule has 1 aliphatic heterocycles. The van der Waals surface area contributed by atoms with Crippen LogP contribution in [0.1, 0.15) is 41.0 Å². The minimum Gasteiger partial charge on any atom is -0.315 e. The molecule has 0 saturated carbocycles. The van der Waals surface area contributed by atoms with Gasteiger partial charge in [0, 0.05) is 18.6 Å². The van der Waals surface area contributed by atoms with Crippen LogP contribution < -0.4 is 5.32 Å². The molecule has 15 heavy (non-hydrogen) atoms. The summed E-state index contributed by atoms with van der Waals surface area (Å²) in [7, 11) is 2.29. The van der Waals surface area contributed by atoms with E-state index in [0.29, 0.717) is 11.5 Å². The van der Waals surface area contributed by atoms with E-state index in [1.54, 1.807) is 0 Å². The molecular weight excluding hydrogens is 184 g/mol. The molecule has 3 unspecified atom stereocenters. The quantitative estimate of drug-likeness (QED) is 0.772. The largest absolute Gasteiger partial charge is 0.315 e. The van der Waals surface area contributed by atoms with E-state index in [2.05, 4.69) is 51.9 Å². The van der Waals surface area contributed by atoms with Crippen LogP contribution in [-0.4, -0.2) is 37.1 Å². The van der Waals surface area contributed by atoms with Crippen LogP contribution >= 0.6 is 0 Å². The molecule has 1 N–H and O–H groups in total. The molecule has 0 spiro atoms. The van der Waals surface area contributed by atoms with E-state index in [-0.39, 0.29) is 0 Å². The Morgan fingerprint density at radius 2 is 1.93 bits per heavy atom. The lowest BCUT2D eigenvalue weighted by molar-refractivity contribution is 0.0846. The van der Waals surface area contributed by atoms with Crippen LogP contribution in [0.25, 0.3) is 0 Å². The van der Waals surface area contributed by atoms with Crippen LogP contribution in [0, 0.1) is 11.3 Å². The van der Waals surface area contributed by atoms with E-state index in [9.17, 15) is 0 Å². The van der Waals surface area contributed by atoms with Gasteiger partial charge in [0.1, 0.15) is 0 Å². The highest BCUT2D eigenvalue weighted by molar-refractivity contribution is 4.91. The molecule has 0 radical (unpaired) electrons. The van der Waals surface area contributed by atoms with E-state index in [4.69, 9.17) is 0 Å². The van der Waals surface area contributed by atoms with E-state index in [1.807, 2.05) is 0 Å². The van der Waals surface area contributed by atoms with E-state index in [0.717, 1.165) is 18.5 Å². The fourth-order valence-electron chi connectivity index (χ4n) is 2.51. The Balaban J connectivity index is 2.63. The van der Waals surface area contributed by atoms with Gasteiger partial charge in [0.15, 0.2) is 0 Å². The molecule has 0 bridgehead atoms. The first-order valence-corrected chi connectivity index (χ1v) is 6.30. The van der Waals surface area contributed by atoms with Crippen LogP contribution in [0.15, 0.2) is 0 Å². The third-order valence-electron chi connectivity index (χ3n) is 4.22. The Hall–Kier alpha value is -0.0800. The normalized spacial score (nSPS) is 29.8. The van der Waals surface area contributed by atoms with Crippen LogP contribution in [0.5, 0.6) is 0 Å². The van der Waals surface area contributed by atoms with Gasteiger partial charge in [-0.1, -0.05) is 34.1 Å². The summed E-state index contributed by atoms with van der Waals surface area (Å²) in [6.07, 6.45) is 1.29. The Kier molecular flexibility index (Phi) is 4.19. The van der Waals surface area contributed by atoms with Crippen molar-refractivity contribution in [1.29, 1.82) is 0 Å². The predicted molar refractivity (Wildman–Crippen MR) is 67.1 cm³/mol. The number of likely N-dealkylation sites (N-methyl/N-ethyl adjacent to an activating group) is 1. The number of nitrogens with one attached hydrogen (secondary N) is 1. The maximum absolute atomic E-state index is 3.52. The summed E-state index contributed by atoms with van der Waals surface area (Å²) in [6.45, 7) is 14.0. The van der Waals surface area contributed by atoms with Gasteiger partial charge in [-0.15, -0.1) is 0 Å². The number of hydrogen-bond donors (Lipinski definition) is 1. The third-order valence-corrected chi connectivity index (χ3v) is 4.22. The summed E-state index contributed by atoms with van der Waals surface area (Å²) in [6, 6.07) is 1.36. The predicted octanol–water partition coefficient (Wildman–Crippen LogP) is 2.35. The molecule has 1 heterocycles. The third kappa shape index (κ3) is 2.94. The highest BCUT2D eigenvalue weighted by Crippen LogP contribution is 2.28. The van der Waals surface area contributed by atoms with Gasteiger partial charge in [-0.3, -0.25) is 4.90 Å². The summed E-state index contributed by atoms with van der Waals surface area (Å²) in [5, 5.41) is 3.52. The van der Waals surface area contributed by atoms with Crippen molar-refractivity contribution in [2.75, 3.05) is 20.1 Å². The average molecular weight is 212 g/mol. The van der Waals surface area contributed by atoms with Crippen LogP contribution in [0.2, 0.25) is 0 Å². The van der Waals surface area contributed by atoms with E-state index < -0.39 is 0 Å². The minimum atomic E-state index is 0.371. The van der Waals surface area contributed by atoms with Crippen molar-refractivity contribution in [3.63, 3.8) is 0 Å². The molecule has 0 aromatic heterocycles. The highest BCUT2D eigenvalue weighted by Gasteiger charge is 2.34. The SMILES string of the molecule is CCC1CNCC1N(C)C(C)C(C)(C)C. The van der Waals surface area contributed by atoms with Crippen LogP contribution in [0.3, 0.4) is 0 Å². The van der Waals surface area contributed by atoms with E-state index >= 15 is 0 Å². The lowest BCUT2D eigenvalue weighted by Gasteiger charge is -2.40. The summed E-state index contributed by atoms with van der Waals surface area (Å²) in [5.74, 6) is 0.833. The van der Waals surface area contributed by atoms with Gasteiger partial charge in [-0.05, 0) is 31.8 Å². The lowest BCUT2D eigenvalue weighted by atomic mass is 9.85. The average Bonchev–Trinajstić information content (AvgIpc) is 2.61. The van der Waals surface area contributed by atoms with Crippen molar-refractivity contribution in [3.05, 3.63) is 0 Å². The molecule has 0 aliphatic carbocycles. The molecule has 1 fully saturated rings. The molecule has 0 amide bonds. The Morgan fingerprint density at radius 3 is 2.40 bits per heavy atom. The van der Waals surface area contributed by atoms with Crippen molar-refractivity contribution in [2.45, 2.75) is 53.1 Å². The molecular formula is C13H28N2. The summed E-state index contributed by atoms with van der Waals surface area (Å²) < 4.78 is 0. The van der Waals surface area contributed by atoms with Crippen LogP contribution in [0.4, 0.5) is 0 Å². The van der Waals surface area contributed by atoms with Gasteiger partial charge >= 0.3 is 0 Å². The standard InChI is InChI=1S/C13H28N2/c1-7-11-8-14-9-12(11)15(6)10(2)13(3,4)5/h10-12,14H,7-9H2,1-6H3. The van der Waals surface area contributed by atoms with Crippen LogP contribution in [-0.2, 0) is 0 Å². The number of hydrogen-bond acceptors (Lipinski definition) is 2. The topological polar surface area (TPSA) is 15.3 Å². The van der Waals surface area contributed by atoms with Crippen molar-refractivity contribution in [2.24, 2.45) is 11.3 Å². The van der Waals surface area contributed by atoms with Gasteiger partial charge in [0.2, 0.25) is 0 Å².